The first kappa shape index (κ1) is 10.5. The van der Waals surface area contributed by atoms with Gasteiger partial charge in [0.05, 0.1) is 11.3 Å². The molecule has 0 fully saturated rings. The molecule has 3 aromatic rings. The van der Waals surface area contributed by atoms with E-state index in [1.807, 2.05) is 48.5 Å². The Kier molecular flexibility index (Phi) is 2.53. The van der Waals surface area contributed by atoms with Gasteiger partial charge in [-0.3, -0.25) is 10.1 Å². The molecule has 0 saturated carbocycles. The molecule has 4 heteroatoms. The summed E-state index contributed by atoms with van der Waals surface area (Å²) < 4.78 is 0. The molecule has 88 valence electrons. The Hall–Kier alpha value is -2.62. The third-order valence-corrected chi connectivity index (χ3v) is 2.76. The predicted molar refractivity (Wildman–Crippen MR) is 71.7 cm³/mol. The summed E-state index contributed by atoms with van der Waals surface area (Å²) >= 11 is 0. The van der Waals surface area contributed by atoms with Crippen LogP contribution < -0.4 is 5.73 Å². The fraction of sp³-hybridized carbons (Fsp3) is 0. The second-order valence-corrected chi connectivity index (χ2v) is 3.94. The zero-order chi connectivity index (χ0) is 12.4. The lowest BCUT2D eigenvalue weighted by Gasteiger charge is -2.03. The van der Waals surface area contributed by atoms with E-state index in [4.69, 9.17) is 5.73 Å². The van der Waals surface area contributed by atoms with Crippen LogP contribution in [0.4, 0.5) is 5.82 Å². The van der Waals surface area contributed by atoms with Gasteiger partial charge in [-0.25, -0.2) is 0 Å². The van der Waals surface area contributed by atoms with Crippen LogP contribution in [0.3, 0.4) is 0 Å². The Balaban J connectivity index is 2.19. The lowest BCUT2D eigenvalue weighted by Crippen LogP contribution is -1.89. The smallest absolute Gasteiger partial charge is 0.127 e. The number of aromatic amines is 1. The van der Waals surface area contributed by atoms with E-state index in [1.54, 1.807) is 6.20 Å². The summed E-state index contributed by atoms with van der Waals surface area (Å²) in [7, 11) is 0. The van der Waals surface area contributed by atoms with E-state index < -0.39 is 0 Å². The van der Waals surface area contributed by atoms with Gasteiger partial charge >= 0.3 is 0 Å². The van der Waals surface area contributed by atoms with E-state index in [0.29, 0.717) is 5.82 Å². The summed E-state index contributed by atoms with van der Waals surface area (Å²) in [6.45, 7) is 0. The van der Waals surface area contributed by atoms with E-state index in [2.05, 4.69) is 15.2 Å². The summed E-state index contributed by atoms with van der Waals surface area (Å²) in [6.07, 6.45) is 1.75. The molecule has 0 bridgehead atoms. The highest BCUT2D eigenvalue weighted by molar-refractivity contribution is 5.86. The van der Waals surface area contributed by atoms with E-state index in [1.165, 1.54) is 0 Å². The van der Waals surface area contributed by atoms with Crippen molar-refractivity contribution < 1.29 is 0 Å². The van der Waals surface area contributed by atoms with Crippen LogP contribution in [0, 0.1) is 0 Å². The fourth-order valence-electron chi connectivity index (χ4n) is 1.94. The second kappa shape index (κ2) is 4.33. The third kappa shape index (κ3) is 1.73. The number of hydrogen-bond donors (Lipinski definition) is 2. The van der Waals surface area contributed by atoms with Crippen LogP contribution in [0.1, 0.15) is 0 Å². The van der Waals surface area contributed by atoms with E-state index in [0.717, 1.165) is 22.5 Å². The maximum atomic E-state index is 5.96. The van der Waals surface area contributed by atoms with Gasteiger partial charge < -0.3 is 5.73 Å². The van der Waals surface area contributed by atoms with Crippen molar-refractivity contribution >= 4 is 5.82 Å². The van der Waals surface area contributed by atoms with Crippen molar-refractivity contribution in [1.82, 2.24) is 15.2 Å². The van der Waals surface area contributed by atoms with Gasteiger partial charge in [0.1, 0.15) is 11.5 Å². The molecule has 0 saturated heterocycles. The van der Waals surface area contributed by atoms with Crippen LogP contribution in [0.5, 0.6) is 0 Å². The van der Waals surface area contributed by atoms with Crippen LogP contribution in [0.2, 0.25) is 0 Å². The largest absolute Gasteiger partial charge is 0.384 e. The minimum Gasteiger partial charge on any atom is -0.384 e. The summed E-state index contributed by atoms with van der Waals surface area (Å²) in [5.41, 5.74) is 9.48. The number of aromatic nitrogens is 3. The minimum atomic E-state index is 0.557. The number of nitrogens with two attached hydrogens (primary N) is 1. The highest BCUT2D eigenvalue weighted by atomic mass is 15.2. The Morgan fingerprint density at radius 1 is 0.944 bits per heavy atom. The average Bonchev–Trinajstić information content (AvgIpc) is 2.83. The number of pyridine rings is 1. The van der Waals surface area contributed by atoms with Crippen molar-refractivity contribution in [3.8, 4) is 22.5 Å². The van der Waals surface area contributed by atoms with Gasteiger partial charge in [0.25, 0.3) is 0 Å². The quantitative estimate of drug-likeness (QED) is 0.718. The van der Waals surface area contributed by atoms with E-state index in [-0.39, 0.29) is 0 Å². The van der Waals surface area contributed by atoms with Crippen molar-refractivity contribution in [3.05, 3.63) is 54.7 Å². The lowest BCUT2D eigenvalue weighted by molar-refractivity contribution is 1.09. The Morgan fingerprint density at radius 2 is 1.72 bits per heavy atom. The van der Waals surface area contributed by atoms with Gasteiger partial charge in [-0.2, -0.15) is 5.10 Å². The molecule has 0 aliphatic heterocycles. The van der Waals surface area contributed by atoms with Crippen molar-refractivity contribution in [2.24, 2.45) is 0 Å². The lowest BCUT2D eigenvalue weighted by atomic mass is 10.0. The first-order chi connectivity index (χ1) is 8.86. The number of benzene rings is 1. The third-order valence-electron chi connectivity index (χ3n) is 2.76. The highest BCUT2D eigenvalue weighted by Gasteiger charge is 2.15. The maximum Gasteiger partial charge on any atom is 0.127 e. The molecule has 0 unspecified atom stereocenters. The van der Waals surface area contributed by atoms with Crippen molar-refractivity contribution in [1.29, 1.82) is 0 Å². The molecule has 3 rings (SSSR count). The molecule has 0 atom stereocenters. The van der Waals surface area contributed by atoms with Crippen molar-refractivity contribution in [3.63, 3.8) is 0 Å². The summed E-state index contributed by atoms with van der Waals surface area (Å²) in [5.74, 6) is 0.557. The first-order valence-corrected chi connectivity index (χ1v) is 5.67. The number of anilines is 1. The van der Waals surface area contributed by atoms with E-state index >= 15 is 0 Å². The standard InChI is InChI=1S/C14H12N4/c15-14-12(10-6-2-1-3-7-10)13(17-18-14)11-8-4-5-9-16-11/h1-9H,(H3,15,17,18). The molecule has 1 aromatic carbocycles. The molecule has 2 heterocycles. The zero-order valence-corrected chi connectivity index (χ0v) is 9.67. The molecule has 2 aromatic heterocycles. The monoisotopic (exact) mass is 236 g/mol. The maximum absolute atomic E-state index is 5.96. The minimum absolute atomic E-state index is 0.557. The highest BCUT2D eigenvalue weighted by Crippen LogP contribution is 2.33. The van der Waals surface area contributed by atoms with Crippen LogP contribution in [0.15, 0.2) is 54.7 Å². The number of H-pyrrole nitrogens is 1. The van der Waals surface area contributed by atoms with Gasteiger partial charge in [-0.1, -0.05) is 36.4 Å². The van der Waals surface area contributed by atoms with Gasteiger partial charge in [0.15, 0.2) is 0 Å². The number of nitrogens with one attached hydrogen (secondary N) is 1. The van der Waals surface area contributed by atoms with Crippen LogP contribution in [-0.2, 0) is 0 Å². The predicted octanol–water partition coefficient (Wildman–Crippen LogP) is 2.72. The number of nitrogens with zero attached hydrogens (tertiary/aromatic N) is 2. The van der Waals surface area contributed by atoms with Gasteiger partial charge in [0.2, 0.25) is 0 Å². The molecule has 0 radical (unpaired) electrons. The number of rotatable bonds is 2. The number of hydrogen-bond acceptors (Lipinski definition) is 3. The fourth-order valence-corrected chi connectivity index (χ4v) is 1.94. The molecule has 0 aliphatic rings. The summed E-state index contributed by atoms with van der Waals surface area (Å²) in [5, 5.41) is 7.07. The zero-order valence-electron chi connectivity index (χ0n) is 9.67. The van der Waals surface area contributed by atoms with Gasteiger partial charge in [0, 0.05) is 6.20 Å². The van der Waals surface area contributed by atoms with Crippen molar-refractivity contribution in [2.75, 3.05) is 5.73 Å². The molecular weight excluding hydrogens is 224 g/mol. The summed E-state index contributed by atoms with van der Waals surface area (Å²) in [6, 6.07) is 15.7. The van der Waals surface area contributed by atoms with Crippen molar-refractivity contribution in [2.45, 2.75) is 0 Å². The molecule has 0 amide bonds. The SMILES string of the molecule is Nc1[nH]nc(-c2ccccn2)c1-c1ccccc1. The Morgan fingerprint density at radius 3 is 2.44 bits per heavy atom. The molecule has 18 heavy (non-hydrogen) atoms. The normalized spacial score (nSPS) is 10.4. The molecule has 4 nitrogen and oxygen atoms in total. The summed E-state index contributed by atoms with van der Waals surface area (Å²) in [4.78, 5) is 4.31. The molecular formula is C14H12N4. The van der Waals surface area contributed by atoms with E-state index in [9.17, 15) is 0 Å². The Bertz CT molecular complexity index is 644. The van der Waals surface area contributed by atoms with Crippen LogP contribution in [0.25, 0.3) is 22.5 Å². The first-order valence-electron chi connectivity index (χ1n) is 5.67. The van der Waals surface area contributed by atoms with Crippen LogP contribution >= 0.6 is 0 Å². The number of nitrogen functional groups attached to an aromatic ring is 1. The average molecular weight is 236 g/mol. The molecule has 0 spiro atoms. The Labute approximate surface area is 105 Å². The molecule has 0 aliphatic carbocycles. The topological polar surface area (TPSA) is 67.6 Å². The van der Waals surface area contributed by atoms with Gasteiger partial charge in [-0.15, -0.1) is 0 Å². The van der Waals surface area contributed by atoms with Crippen LogP contribution in [-0.4, -0.2) is 15.2 Å². The van der Waals surface area contributed by atoms with Gasteiger partial charge in [-0.05, 0) is 17.7 Å². The second-order valence-electron chi connectivity index (χ2n) is 3.94. The molecule has 3 N–H and O–H groups in total.